The zero-order chi connectivity index (χ0) is 22.8. The first-order valence-corrected chi connectivity index (χ1v) is 11.3. The minimum Gasteiger partial charge on any atom is -0.479 e. The summed E-state index contributed by atoms with van der Waals surface area (Å²) in [6.45, 7) is 8.67. The third-order valence-electron chi connectivity index (χ3n) is 4.51. The number of rotatable bonds is 6. The van der Waals surface area contributed by atoms with Crippen LogP contribution >= 0.6 is 0 Å². The number of nitrogens with zero attached hydrogens (tertiary/aromatic N) is 2. The molecule has 0 aliphatic rings. The van der Waals surface area contributed by atoms with Gasteiger partial charge < -0.3 is 9.47 Å². The molecular weight excluding hydrogens is 416 g/mol. The number of hydrogen-bond donors (Lipinski definition) is 0. The fourth-order valence-corrected chi connectivity index (χ4v) is 4.53. The van der Waals surface area contributed by atoms with Gasteiger partial charge in [-0.25, -0.2) is 17.9 Å². The summed E-state index contributed by atoms with van der Waals surface area (Å²) in [5, 5.41) is 4.39. The van der Waals surface area contributed by atoms with E-state index >= 15 is 0 Å². The number of carbonyl (C=O) groups is 1. The Labute approximate surface area is 182 Å². The van der Waals surface area contributed by atoms with E-state index in [-0.39, 0.29) is 21.4 Å². The Morgan fingerprint density at radius 2 is 1.55 bits per heavy atom. The van der Waals surface area contributed by atoms with Gasteiger partial charge in [-0.05, 0) is 58.9 Å². The first-order chi connectivity index (χ1) is 14.5. The number of aryl methyl sites for hydroxylation is 1. The van der Waals surface area contributed by atoms with Crippen molar-refractivity contribution in [3.05, 3.63) is 66.4 Å². The van der Waals surface area contributed by atoms with Gasteiger partial charge in [-0.1, -0.05) is 36.4 Å². The molecule has 0 aliphatic heterocycles. The van der Waals surface area contributed by atoms with Gasteiger partial charge >= 0.3 is 5.97 Å². The van der Waals surface area contributed by atoms with E-state index in [2.05, 4.69) is 5.10 Å². The van der Waals surface area contributed by atoms with Gasteiger partial charge in [-0.3, -0.25) is 0 Å². The van der Waals surface area contributed by atoms with Gasteiger partial charge in [-0.2, -0.15) is 5.10 Å². The van der Waals surface area contributed by atoms with E-state index in [0.717, 1.165) is 0 Å². The van der Waals surface area contributed by atoms with Crippen LogP contribution in [-0.2, 0) is 20.2 Å². The highest BCUT2D eigenvalue weighted by molar-refractivity contribution is 7.91. The van der Waals surface area contributed by atoms with E-state index in [1.807, 2.05) is 26.8 Å². The van der Waals surface area contributed by atoms with Gasteiger partial charge in [0.15, 0.2) is 11.0 Å². The predicted octanol–water partition coefficient (Wildman–Crippen LogP) is 4.15. The van der Waals surface area contributed by atoms with Crippen molar-refractivity contribution in [1.29, 1.82) is 0 Å². The standard InChI is InChI=1S/C23H26N2O5S/c1-16-20(31(27,28)19-14-10-7-11-15-19)21(25(24-16)23(3,4)5)30-22(26)17(2)29-18-12-8-6-9-13-18/h6-15,17H,1-5H3. The van der Waals surface area contributed by atoms with Crippen LogP contribution in [0.15, 0.2) is 70.5 Å². The third kappa shape index (κ3) is 4.80. The van der Waals surface area contributed by atoms with E-state index in [4.69, 9.17) is 9.47 Å². The molecule has 8 heteroatoms. The van der Waals surface area contributed by atoms with Crippen LogP contribution in [-0.4, -0.2) is 30.3 Å². The van der Waals surface area contributed by atoms with E-state index in [1.54, 1.807) is 56.3 Å². The van der Waals surface area contributed by atoms with Crippen molar-refractivity contribution >= 4 is 15.8 Å². The Morgan fingerprint density at radius 1 is 1.00 bits per heavy atom. The number of ether oxygens (including phenoxy) is 2. The number of sulfone groups is 1. The summed E-state index contributed by atoms with van der Waals surface area (Å²) in [5.41, 5.74) is -0.382. The average Bonchev–Trinajstić information content (AvgIpc) is 3.06. The second-order valence-corrected chi connectivity index (χ2v) is 10.00. The molecule has 0 spiro atoms. The summed E-state index contributed by atoms with van der Waals surface area (Å²) in [4.78, 5) is 12.8. The minimum atomic E-state index is -3.97. The molecule has 164 valence electrons. The lowest BCUT2D eigenvalue weighted by atomic mass is 10.1. The lowest BCUT2D eigenvalue weighted by molar-refractivity contribution is -0.142. The molecule has 0 aliphatic carbocycles. The number of aromatic nitrogens is 2. The lowest BCUT2D eigenvalue weighted by Crippen LogP contribution is -2.32. The molecule has 1 heterocycles. The Hall–Kier alpha value is -3.13. The molecule has 0 bridgehead atoms. The van der Waals surface area contributed by atoms with Crippen LogP contribution in [0, 0.1) is 6.92 Å². The molecule has 0 saturated carbocycles. The molecule has 0 N–H and O–H groups in total. The summed E-state index contributed by atoms with van der Waals surface area (Å²) in [6.07, 6.45) is -0.960. The van der Waals surface area contributed by atoms with Crippen LogP contribution in [0.25, 0.3) is 0 Å². The van der Waals surface area contributed by atoms with E-state index in [9.17, 15) is 13.2 Å². The number of esters is 1. The lowest BCUT2D eigenvalue weighted by Gasteiger charge is -2.23. The number of hydrogen-bond acceptors (Lipinski definition) is 6. The maximum Gasteiger partial charge on any atom is 0.353 e. The molecule has 1 atom stereocenters. The average molecular weight is 443 g/mol. The molecule has 0 radical (unpaired) electrons. The Kier molecular flexibility index (Phi) is 6.22. The molecular formula is C23H26N2O5S. The molecule has 3 aromatic rings. The van der Waals surface area contributed by atoms with Gasteiger partial charge in [0.25, 0.3) is 0 Å². The van der Waals surface area contributed by atoms with Crippen molar-refractivity contribution in [3.8, 4) is 11.6 Å². The molecule has 3 rings (SSSR count). The highest BCUT2D eigenvalue weighted by Gasteiger charge is 2.35. The highest BCUT2D eigenvalue weighted by Crippen LogP contribution is 2.36. The summed E-state index contributed by atoms with van der Waals surface area (Å²) in [5.74, 6) is -0.342. The number of benzene rings is 2. The Bertz CT molecular complexity index is 1160. The fraction of sp³-hybridized carbons (Fsp3) is 0.304. The Balaban J connectivity index is 2.03. The van der Waals surface area contributed by atoms with Crippen LogP contribution < -0.4 is 9.47 Å². The van der Waals surface area contributed by atoms with Gasteiger partial charge in [0.1, 0.15) is 5.75 Å². The van der Waals surface area contributed by atoms with Gasteiger partial charge in [0, 0.05) is 0 Å². The first-order valence-electron chi connectivity index (χ1n) is 9.85. The molecule has 1 aromatic heterocycles. The van der Waals surface area contributed by atoms with Gasteiger partial charge in [0.2, 0.25) is 15.7 Å². The molecule has 0 fully saturated rings. The van der Waals surface area contributed by atoms with E-state index in [0.29, 0.717) is 5.75 Å². The van der Waals surface area contributed by atoms with Crippen LogP contribution in [0.4, 0.5) is 0 Å². The van der Waals surface area contributed by atoms with Crippen molar-refractivity contribution < 1.29 is 22.7 Å². The third-order valence-corrected chi connectivity index (χ3v) is 6.41. The summed E-state index contributed by atoms with van der Waals surface area (Å²) in [6, 6.07) is 16.8. The number of para-hydroxylation sites is 1. The van der Waals surface area contributed by atoms with Crippen molar-refractivity contribution in [2.75, 3.05) is 0 Å². The Morgan fingerprint density at radius 3 is 2.10 bits per heavy atom. The monoisotopic (exact) mass is 442 g/mol. The van der Waals surface area contributed by atoms with Crippen molar-refractivity contribution in [2.45, 2.75) is 56.1 Å². The smallest absolute Gasteiger partial charge is 0.353 e. The second kappa shape index (κ2) is 8.55. The normalized spacial score (nSPS) is 12.9. The zero-order valence-electron chi connectivity index (χ0n) is 18.2. The molecule has 2 aromatic carbocycles. The molecule has 0 saturated heterocycles. The van der Waals surface area contributed by atoms with E-state index < -0.39 is 27.4 Å². The largest absolute Gasteiger partial charge is 0.479 e. The zero-order valence-corrected chi connectivity index (χ0v) is 19.0. The van der Waals surface area contributed by atoms with Crippen LogP contribution in [0.2, 0.25) is 0 Å². The van der Waals surface area contributed by atoms with E-state index in [1.165, 1.54) is 16.8 Å². The summed E-state index contributed by atoms with van der Waals surface area (Å²) >= 11 is 0. The summed E-state index contributed by atoms with van der Waals surface area (Å²) < 4.78 is 39.4. The number of carbonyl (C=O) groups excluding carboxylic acids is 1. The SMILES string of the molecule is Cc1nn(C(C)(C)C)c(OC(=O)C(C)Oc2ccccc2)c1S(=O)(=O)c1ccccc1. The fourth-order valence-electron chi connectivity index (χ4n) is 2.99. The maximum atomic E-state index is 13.4. The molecule has 31 heavy (non-hydrogen) atoms. The molecule has 0 amide bonds. The second-order valence-electron chi connectivity index (χ2n) is 8.11. The van der Waals surface area contributed by atoms with Crippen LogP contribution in [0.1, 0.15) is 33.4 Å². The van der Waals surface area contributed by atoms with Crippen molar-refractivity contribution in [2.24, 2.45) is 0 Å². The molecule has 7 nitrogen and oxygen atoms in total. The van der Waals surface area contributed by atoms with Crippen LogP contribution in [0.3, 0.4) is 0 Å². The highest BCUT2D eigenvalue weighted by atomic mass is 32.2. The van der Waals surface area contributed by atoms with Crippen molar-refractivity contribution in [3.63, 3.8) is 0 Å². The molecule has 1 unspecified atom stereocenters. The van der Waals surface area contributed by atoms with Crippen molar-refractivity contribution in [1.82, 2.24) is 9.78 Å². The predicted molar refractivity (Wildman–Crippen MR) is 116 cm³/mol. The minimum absolute atomic E-state index is 0.0949. The van der Waals surface area contributed by atoms with Crippen LogP contribution in [0.5, 0.6) is 11.6 Å². The topological polar surface area (TPSA) is 87.5 Å². The van der Waals surface area contributed by atoms with Gasteiger partial charge in [0.05, 0.1) is 16.1 Å². The quantitative estimate of drug-likeness (QED) is 0.533. The first kappa shape index (κ1) is 22.6. The maximum absolute atomic E-state index is 13.4. The summed E-state index contributed by atoms with van der Waals surface area (Å²) in [7, 11) is -3.97. The van der Waals surface area contributed by atoms with Gasteiger partial charge in [-0.15, -0.1) is 0 Å².